The van der Waals surface area contributed by atoms with Crippen LogP contribution in [-0.4, -0.2) is 36.4 Å². The first-order chi connectivity index (χ1) is 15.1. The van der Waals surface area contributed by atoms with Crippen LogP contribution in [0.1, 0.15) is 5.01 Å². The normalized spacial score (nSPS) is 10.7. The molecule has 0 aliphatic rings. The number of rotatable bonds is 8. The fraction of sp³-hybridized carbons (Fsp3) is 0.136. The standard InChI is InChI=1S/C22H20N6OS2/c1-3-11-28-21(16-7-9-23-10-8-16)26-27-22(28)31-14-20(29)25-18-6-4-5-17(12-18)19-13-30-15(2)24-19/h3-10,12-13H,1,11,14H2,2H3,(H,25,29). The van der Waals surface area contributed by atoms with Gasteiger partial charge in [-0.05, 0) is 31.2 Å². The van der Waals surface area contributed by atoms with Crippen molar-refractivity contribution in [3.8, 4) is 22.6 Å². The Labute approximate surface area is 188 Å². The van der Waals surface area contributed by atoms with Crippen molar-refractivity contribution >= 4 is 34.7 Å². The third-order valence-electron chi connectivity index (χ3n) is 4.36. The molecule has 31 heavy (non-hydrogen) atoms. The second-order valence-electron chi connectivity index (χ2n) is 6.61. The number of allylic oxidation sites excluding steroid dienone is 1. The number of thiazole rings is 1. The third kappa shape index (κ3) is 5.07. The van der Waals surface area contributed by atoms with Gasteiger partial charge in [-0.25, -0.2) is 4.98 Å². The van der Waals surface area contributed by atoms with E-state index in [2.05, 4.69) is 32.1 Å². The average molecular weight is 449 g/mol. The molecule has 0 radical (unpaired) electrons. The van der Waals surface area contributed by atoms with Crippen LogP contribution in [0.4, 0.5) is 5.69 Å². The van der Waals surface area contributed by atoms with Gasteiger partial charge < -0.3 is 5.32 Å². The molecule has 7 nitrogen and oxygen atoms in total. The molecule has 4 rings (SSSR count). The van der Waals surface area contributed by atoms with Crippen LogP contribution in [0, 0.1) is 6.92 Å². The predicted octanol–water partition coefficient (Wildman–Crippen LogP) is 4.69. The third-order valence-corrected chi connectivity index (χ3v) is 6.10. The molecule has 9 heteroatoms. The molecule has 3 aromatic heterocycles. The Kier molecular flexibility index (Phi) is 6.54. The number of carbonyl (C=O) groups excluding carboxylic acids is 1. The maximum absolute atomic E-state index is 12.6. The summed E-state index contributed by atoms with van der Waals surface area (Å²) in [6.45, 7) is 6.34. The molecular weight excluding hydrogens is 428 g/mol. The van der Waals surface area contributed by atoms with Crippen LogP contribution in [0.2, 0.25) is 0 Å². The van der Waals surface area contributed by atoms with E-state index in [1.807, 2.05) is 53.3 Å². The van der Waals surface area contributed by atoms with E-state index in [-0.39, 0.29) is 11.7 Å². The van der Waals surface area contributed by atoms with Crippen LogP contribution in [0.3, 0.4) is 0 Å². The molecular formula is C22H20N6OS2. The molecule has 1 aromatic carbocycles. The van der Waals surface area contributed by atoms with Crippen LogP contribution < -0.4 is 5.32 Å². The summed E-state index contributed by atoms with van der Waals surface area (Å²) in [6, 6.07) is 11.4. The van der Waals surface area contributed by atoms with Crippen molar-refractivity contribution in [3.05, 3.63) is 71.8 Å². The smallest absolute Gasteiger partial charge is 0.234 e. The zero-order valence-corrected chi connectivity index (χ0v) is 18.5. The Balaban J connectivity index is 1.44. The Hall–Kier alpha value is -3.30. The van der Waals surface area contributed by atoms with Crippen LogP contribution in [0.25, 0.3) is 22.6 Å². The predicted molar refractivity (Wildman–Crippen MR) is 125 cm³/mol. The van der Waals surface area contributed by atoms with Crippen molar-refractivity contribution in [3.63, 3.8) is 0 Å². The van der Waals surface area contributed by atoms with Crippen molar-refractivity contribution in [1.82, 2.24) is 24.7 Å². The first-order valence-corrected chi connectivity index (χ1v) is 11.4. The van der Waals surface area contributed by atoms with E-state index in [0.29, 0.717) is 11.7 Å². The van der Waals surface area contributed by atoms with Gasteiger partial charge >= 0.3 is 0 Å². The molecule has 4 aromatic rings. The number of nitrogens with zero attached hydrogens (tertiary/aromatic N) is 5. The largest absolute Gasteiger partial charge is 0.325 e. The highest BCUT2D eigenvalue weighted by atomic mass is 32.2. The summed E-state index contributed by atoms with van der Waals surface area (Å²) < 4.78 is 1.94. The van der Waals surface area contributed by atoms with E-state index in [1.165, 1.54) is 11.8 Å². The van der Waals surface area contributed by atoms with Crippen LogP contribution in [-0.2, 0) is 11.3 Å². The van der Waals surface area contributed by atoms with Crippen molar-refractivity contribution in [2.24, 2.45) is 0 Å². The number of amides is 1. The van der Waals surface area contributed by atoms with Gasteiger partial charge in [0.15, 0.2) is 11.0 Å². The van der Waals surface area contributed by atoms with E-state index in [0.717, 1.165) is 33.3 Å². The van der Waals surface area contributed by atoms with E-state index < -0.39 is 0 Å². The molecule has 1 N–H and O–H groups in total. The first-order valence-electron chi connectivity index (χ1n) is 9.54. The molecule has 0 saturated heterocycles. The number of carbonyl (C=O) groups is 1. The van der Waals surface area contributed by atoms with Crippen molar-refractivity contribution in [2.75, 3.05) is 11.1 Å². The van der Waals surface area contributed by atoms with Gasteiger partial charge in [0, 0.05) is 41.1 Å². The van der Waals surface area contributed by atoms with Crippen molar-refractivity contribution in [2.45, 2.75) is 18.6 Å². The lowest BCUT2D eigenvalue weighted by Gasteiger charge is -2.08. The van der Waals surface area contributed by atoms with Gasteiger partial charge in [0.2, 0.25) is 5.91 Å². The Morgan fingerprint density at radius 1 is 1.23 bits per heavy atom. The van der Waals surface area contributed by atoms with Gasteiger partial charge in [-0.2, -0.15) is 0 Å². The molecule has 0 aliphatic carbocycles. The maximum Gasteiger partial charge on any atom is 0.234 e. The summed E-state index contributed by atoms with van der Waals surface area (Å²) >= 11 is 2.94. The molecule has 0 aliphatic heterocycles. The molecule has 0 fully saturated rings. The number of thioether (sulfide) groups is 1. The minimum Gasteiger partial charge on any atom is -0.325 e. The van der Waals surface area contributed by atoms with Crippen LogP contribution in [0.5, 0.6) is 0 Å². The Bertz CT molecular complexity index is 1200. The highest BCUT2D eigenvalue weighted by Gasteiger charge is 2.15. The number of benzene rings is 1. The van der Waals surface area contributed by atoms with Gasteiger partial charge in [-0.15, -0.1) is 28.1 Å². The summed E-state index contributed by atoms with van der Waals surface area (Å²) in [4.78, 5) is 21.1. The lowest BCUT2D eigenvalue weighted by Crippen LogP contribution is -2.14. The quantitative estimate of drug-likeness (QED) is 0.311. The van der Waals surface area contributed by atoms with Crippen LogP contribution >= 0.6 is 23.1 Å². The second-order valence-corrected chi connectivity index (χ2v) is 8.62. The van der Waals surface area contributed by atoms with Crippen LogP contribution in [0.15, 0.2) is 72.0 Å². The number of hydrogen-bond acceptors (Lipinski definition) is 7. The van der Waals surface area contributed by atoms with E-state index in [4.69, 9.17) is 0 Å². The molecule has 3 heterocycles. The molecule has 1 amide bonds. The number of pyridine rings is 1. The summed E-state index contributed by atoms with van der Waals surface area (Å²) in [5, 5.41) is 15.2. The minimum atomic E-state index is -0.116. The summed E-state index contributed by atoms with van der Waals surface area (Å²) in [6.07, 6.45) is 5.21. The number of hydrogen-bond donors (Lipinski definition) is 1. The molecule has 0 saturated carbocycles. The van der Waals surface area contributed by atoms with Gasteiger partial charge in [-0.1, -0.05) is 30.0 Å². The summed E-state index contributed by atoms with van der Waals surface area (Å²) in [7, 11) is 0. The number of nitrogens with one attached hydrogen (secondary N) is 1. The zero-order valence-electron chi connectivity index (χ0n) is 16.9. The van der Waals surface area contributed by atoms with Crippen molar-refractivity contribution in [1.29, 1.82) is 0 Å². The zero-order chi connectivity index (χ0) is 21.6. The van der Waals surface area contributed by atoms with E-state index in [9.17, 15) is 4.79 Å². The molecule has 0 atom stereocenters. The number of aryl methyl sites for hydroxylation is 1. The average Bonchev–Trinajstić information content (AvgIpc) is 3.40. The highest BCUT2D eigenvalue weighted by Crippen LogP contribution is 2.26. The van der Waals surface area contributed by atoms with Crippen molar-refractivity contribution < 1.29 is 4.79 Å². The molecule has 156 valence electrons. The fourth-order valence-electron chi connectivity index (χ4n) is 2.98. The SMILES string of the molecule is C=CCn1c(SCC(=O)Nc2cccc(-c3csc(C)n3)c2)nnc1-c1ccncc1. The van der Waals surface area contributed by atoms with E-state index >= 15 is 0 Å². The monoisotopic (exact) mass is 448 g/mol. The first kappa shape index (κ1) is 21.0. The molecule has 0 spiro atoms. The number of aromatic nitrogens is 5. The minimum absolute atomic E-state index is 0.116. The van der Waals surface area contributed by atoms with E-state index in [1.54, 1.807) is 29.8 Å². The topological polar surface area (TPSA) is 85.6 Å². The highest BCUT2D eigenvalue weighted by molar-refractivity contribution is 7.99. The summed E-state index contributed by atoms with van der Waals surface area (Å²) in [5.74, 6) is 0.817. The second kappa shape index (κ2) is 9.67. The van der Waals surface area contributed by atoms with Gasteiger partial charge in [0.05, 0.1) is 16.5 Å². The van der Waals surface area contributed by atoms with Gasteiger partial charge in [0.1, 0.15) is 0 Å². The Morgan fingerprint density at radius 2 is 2.06 bits per heavy atom. The molecule has 0 bridgehead atoms. The fourth-order valence-corrected chi connectivity index (χ4v) is 4.35. The summed E-state index contributed by atoms with van der Waals surface area (Å²) in [5.41, 5.74) is 3.53. The maximum atomic E-state index is 12.6. The van der Waals surface area contributed by atoms with Gasteiger partial charge in [0.25, 0.3) is 0 Å². The van der Waals surface area contributed by atoms with Gasteiger partial charge in [-0.3, -0.25) is 14.3 Å². The number of anilines is 1. The lowest BCUT2D eigenvalue weighted by atomic mass is 10.1. The Morgan fingerprint density at radius 3 is 2.81 bits per heavy atom. The lowest BCUT2D eigenvalue weighted by molar-refractivity contribution is -0.113. The molecule has 0 unspecified atom stereocenters.